The summed E-state index contributed by atoms with van der Waals surface area (Å²) in [6.07, 6.45) is 2.03. The maximum absolute atomic E-state index is 12.7. The van der Waals surface area contributed by atoms with Crippen LogP contribution in [0.3, 0.4) is 0 Å². The fraction of sp³-hybridized carbons (Fsp3) is 0.579. The first-order chi connectivity index (χ1) is 11.5. The lowest BCUT2D eigenvalue weighted by Gasteiger charge is -2.33. The fourth-order valence-corrected chi connectivity index (χ4v) is 3.01. The molecule has 0 radical (unpaired) electrons. The van der Waals surface area contributed by atoms with Crippen LogP contribution < -0.4 is 5.32 Å². The number of methoxy groups -OCH3 is 1. The van der Waals surface area contributed by atoms with Gasteiger partial charge in [0.15, 0.2) is 0 Å². The maximum atomic E-state index is 12.7. The molecule has 2 amide bonds. The van der Waals surface area contributed by atoms with Crippen molar-refractivity contribution in [2.24, 2.45) is 11.8 Å². The van der Waals surface area contributed by atoms with E-state index in [2.05, 4.69) is 5.32 Å². The molecule has 1 unspecified atom stereocenters. The molecule has 1 aromatic carbocycles. The van der Waals surface area contributed by atoms with Crippen molar-refractivity contribution in [2.75, 3.05) is 26.7 Å². The van der Waals surface area contributed by atoms with Gasteiger partial charge in [0.25, 0.3) is 5.91 Å². The first kappa shape index (κ1) is 18.5. The predicted octanol–water partition coefficient (Wildman–Crippen LogP) is 2.46. The number of rotatable bonds is 6. The van der Waals surface area contributed by atoms with Gasteiger partial charge in [-0.3, -0.25) is 9.59 Å². The number of carbonyl (C=O) groups is 2. The Morgan fingerprint density at radius 2 is 2.17 bits per heavy atom. The van der Waals surface area contributed by atoms with E-state index in [1.54, 1.807) is 7.11 Å². The number of carbonyl (C=O) groups excluding carboxylic acids is 2. The Labute approximate surface area is 144 Å². The third-order valence-electron chi connectivity index (χ3n) is 4.38. The summed E-state index contributed by atoms with van der Waals surface area (Å²) < 4.78 is 5.13. The number of hydrogen-bond donors (Lipinski definition) is 1. The average Bonchev–Trinajstić information content (AvgIpc) is 2.59. The number of hydrogen-bond acceptors (Lipinski definition) is 3. The van der Waals surface area contributed by atoms with Crippen LogP contribution in [0.2, 0.25) is 0 Å². The number of amides is 2. The molecule has 1 N–H and O–H groups in total. The average molecular weight is 332 g/mol. The highest BCUT2D eigenvalue weighted by Crippen LogP contribution is 2.19. The van der Waals surface area contributed by atoms with Gasteiger partial charge in [0.05, 0.1) is 6.61 Å². The Balaban J connectivity index is 1.94. The van der Waals surface area contributed by atoms with Crippen LogP contribution in [0.1, 0.15) is 42.6 Å². The third kappa shape index (κ3) is 5.06. The molecule has 5 heteroatoms. The molecule has 0 saturated carbocycles. The van der Waals surface area contributed by atoms with Crippen LogP contribution >= 0.6 is 0 Å². The molecule has 1 atom stereocenters. The van der Waals surface area contributed by atoms with Crippen LogP contribution in [-0.2, 0) is 16.1 Å². The van der Waals surface area contributed by atoms with Gasteiger partial charge in [-0.2, -0.15) is 0 Å². The van der Waals surface area contributed by atoms with Crippen LogP contribution in [0.5, 0.6) is 0 Å². The Morgan fingerprint density at radius 3 is 2.88 bits per heavy atom. The normalized spacial score (nSPS) is 17.8. The second kappa shape index (κ2) is 8.83. The van der Waals surface area contributed by atoms with Gasteiger partial charge >= 0.3 is 0 Å². The number of likely N-dealkylation sites (tertiary alicyclic amines) is 1. The Morgan fingerprint density at radius 1 is 1.38 bits per heavy atom. The summed E-state index contributed by atoms with van der Waals surface area (Å²) in [5.74, 6) is 0.459. The van der Waals surface area contributed by atoms with Gasteiger partial charge in [-0.15, -0.1) is 0 Å². The molecule has 1 aliphatic heterocycles. The first-order valence-corrected chi connectivity index (χ1v) is 8.66. The molecule has 1 aromatic rings. The van der Waals surface area contributed by atoms with Crippen molar-refractivity contribution >= 4 is 11.8 Å². The van der Waals surface area contributed by atoms with E-state index in [1.807, 2.05) is 43.0 Å². The van der Waals surface area contributed by atoms with Crippen molar-refractivity contribution in [3.8, 4) is 0 Å². The molecule has 1 heterocycles. The molecule has 5 nitrogen and oxygen atoms in total. The zero-order chi connectivity index (χ0) is 17.5. The van der Waals surface area contributed by atoms with Crippen LogP contribution in [0.4, 0.5) is 0 Å². The Kier molecular flexibility index (Phi) is 6.79. The quantitative estimate of drug-likeness (QED) is 0.870. The lowest BCUT2D eigenvalue weighted by atomic mass is 9.97. The smallest absolute Gasteiger partial charge is 0.253 e. The van der Waals surface area contributed by atoms with Crippen molar-refractivity contribution in [1.82, 2.24) is 10.2 Å². The van der Waals surface area contributed by atoms with E-state index in [1.165, 1.54) is 0 Å². The minimum absolute atomic E-state index is 0.00477. The number of benzene rings is 1. The van der Waals surface area contributed by atoms with Crippen molar-refractivity contribution in [3.05, 3.63) is 35.4 Å². The zero-order valence-corrected chi connectivity index (χ0v) is 14.9. The summed E-state index contributed by atoms with van der Waals surface area (Å²) in [7, 11) is 1.65. The Bertz CT molecular complexity index is 571. The molecule has 0 bridgehead atoms. The van der Waals surface area contributed by atoms with Gasteiger partial charge in [-0.25, -0.2) is 0 Å². The standard InChI is InChI=1S/C19H28N2O3/c1-14(2)18(22)20-11-16-7-5-9-21(12-16)19(23)17-8-4-6-15(10-17)13-24-3/h4,6,8,10,14,16H,5,7,9,11-13H2,1-3H3,(H,20,22). The molecular weight excluding hydrogens is 304 g/mol. The van der Waals surface area contributed by atoms with Gasteiger partial charge < -0.3 is 15.0 Å². The molecule has 0 aliphatic carbocycles. The van der Waals surface area contributed by atoms with E-state index in [-0.39, 0.29) is 17.7 Å². The van der Waals surface area contributed by atoms with Gasteiger partial charge in [-0.1, -0.05) is 26.0 Å². The topological polar surface area (TPSA) is 58.6 Å². The monoisotopic (exact) mass is 332 g/mol. The van der Waals surface area contributed by atoms with Crippen LogP contribution in [0.15, 0.2) is 24.3 Å². The number of piperidine rings is 1. The van der Waals surface area contributed by atoms with Gasteiger partial charge in [0, 0.05) is 38.2 Å². The molecular formula is C19H28N2O3. The summed E-state index contributed by atoms with van der Waals surface area (Å²) in [5.41, 5.74) is 1.71. The van der Waals surface area contributed by atoms with Crippen molar-refractivity contribution in [2.45, 2.75) is 33.3 Å². The minimum atomic E-state index is -0.00477. The maximum Gasteiger partial charge on any atom is 0.253 e. The van der Waals surface area contributed by atoms with Crippen molar-refractivity contribution in [3.63, 3.8) is 0 Å². The van der Waals surface area contributed by atoms with E-state index in [9.17, 15) is 9.59 Å². The summed E-state index contributed by atoms with van der Waals surface area (Å²) >= 11 is 0. The molecule has 1 aliphatic rings. The summed E-state index contributed by atoms with van der Waals surface area (Å²) in [6.45, 7) is 6.40. The van der Waals surface area contributed by atoms with E-state index >= 15 is 0 Å². The largest absolute Gasteiger partial charge is 0.380 e. The SMILES string of the molecule is COCc1cccc(C(=O)N2CCCC(CNC(=O)C(C)C)C2)c1. The van der Waals surface area contributed by atoms with Crippen LogP contribution in [0.25, 0.3) is 0 Å². The Hall–Kier alpha value is -1.88. The summed E-state index contributed by atoms with van der Waals surface area (Å²) in [4.78, 5) is 26.4. The summed E-state index contributed by atoms with van der Waals surface area (Å²) in [6, 6.07) is 7.61. The van der Waals surface area contributed by atoms with Gasteiger partial charge in [-0.05, 0) is 36.5 Å². The first-order valence-electron chi connectivity index (χ1n) is 8.66. The second-order valence-electron chi connectivity index (χ2n) is 6.79. The lowest BCUT2D eigenvalue weighted by Crippen LogP contribution is -2.44. The highest BCUT2D eigenvalue weighted by Gasteiger charge is 2.25. The van der Waals surface area contributed by atoms with Gasteiger partial charge in [0.1, 0.15) is 0 Å². The molecule has 24 heavy (non-hydrogen) atoms. The van der Waals surface area contributed by atoms with Crippen LogP contribution in [0, 0.1) is 11.8 Å². The lowest BCUT2D eigenvalue weighted by molar-refractivity contribution is -0.124. The highest BCUT2D eigenvalue weighted by molar-refractivity contribution is 5.94. The summed E-state index contributed by atoms with van der Waals surface area (Å²) in [5, 5.41) is 2.98. The predicted molar refractivity (Wildman–Crippen MR) is 93.6 cm³/mol. The zero-order valence-electron chi connectivity index (χ0n) is 14.9. The van der Waals surface area contributed by atoms with Gasteiger partial charge in [0.2, 0.25) is 5.91 Å². The molecule has 0 aromatic heterocycles. The molecule has 0 spiro atoms. The molecule has 1 fully saturated rings. The van der Waals surface area contributed by atoms with Crippen LogP contribution in [-0.4, -0.2) is 43.5 Å². The van der Waals surface area contributed by atoms with E-state index < -0.39 is 0 Å². The van der Waals surface area contributed by atoms with Crippen molar-refractivity contribution < 1.29 is 14.3 Å². The van der Waals surface area contributed by atoms with E-state index in [0.717, 1.165) is 24.9 Å². The van der Waals surface area contributed by atoms with E-state index in [0.29, 0.717) is 31.2 Å². The molecule has 1 saturated heterocycles. The van der Waals surface area contributed by atoms with Crippen molar-refractivity contribution in [1.29, 1.82) is 0 Å². The second-order valence-corrected chi connectivity index (χ2v) is 6.79. The number of nitrogens with zero attached hydrogens (tertiary/aromatic N) is 1. The third-order valence-corrected chi connectivity index (χ3v) is 4.38. The number of nitrogens with one attached hydrogen (secondary N) is 1. The molecule has 132 valence electrons. The number of ether oxygens (including phenoxy) is 1. The minimum Gasteiger partial charge on any atom is -0.380 e. The molecule has 2 rings (SSSR count). The highest BCUT2D eigenvalue weighted by atomic mass is 16.5. The fourth-order valence-electron chi connectivity index (χ4n) is 3.01. The van der Waals surface area contributed by atoms with E-state index in [4.69, 9.17) is 4.74 Å².